The third-order valence-corrected chi connectivity index (χ3v) is 3.11. The minimum atomic E-state index is -1.05. The Labute approximate surface area is 138 Å². The summed E-state index contributed by atoms with van der Waals surface area (Å²) in [7, 11) is 0. The van der Waals surface area contributed by atoms with Gasteiger partial charge in [0.05, 0.1) is 0 Å². The van der Waals surface area contributed by atoms with Crippen LogP contribution in [0.3, 0.4) is 0 Å². The molecule has 5 nitrogen and oxygen atoms in total. The zero-order valence-electron chi connectivity index (χ0n) is 13.0. The van der Waals surface area contributed by atoms with E-state index < -0.39 is 23.6 Å². The van der Waals surface area contributed by atoms with Gasteiger partial charge in [0.25, 0.3) is 5.91 Å². The highest BCUT2D eigenvalue weighted by Crippen LogP contribution is 2.13. The van der Waals surface area contributed by atoms with Gasteiger partial charge >= 0.3 is 0 Å². The van der Waals surface area contributed by atoms with Crippen molar-refractivity contribution in [2.75, 3.05) is 5.32 Å². The molecule has 0 aliphatic heterocycles. The van der Waals surface area contributed by atoms with E-state index in [0.29, 0.717) is 6.42 Å². The van der Waals surface area contributed by atoms with Gasteiger partial charge in [-0.15, -0.1) is 0 Å². The highest BCUT2D eigenvalue weighted by atomic mass is 19.2. The number of amidine groups is 1. The summed E-state index contributed by atoms with van der Waals surface area (Å²) in [5, 5.41) is 6.12. The average Bonchev–Trinajstić information content (AvgIpc) is 2.57. The molecule has 2 aromatic carbocycles. The van der Waals surface area contributed by atoms with Crippen molar-refractivity contribution in [1.82, 2.24) is 0 Å². The fraction of sp³-hybridized carbons (Fsp3) is 0.176. The second-order valence-corrected chi connectivity index (χ2v) is 5.11. The van der Waals surface area contributed by atoms with E-state index in [-0.39, 0.29) is 11.5 Å². The number of hydrogen-bond donors (Lipinski definition) is 2. The van der Waals surface area contributed by atoms with E-state index >= 15 is 0 Å². The van der Waals surface area contributed by atoms with E-state index in [9.17, 15) is 13.6 Å². The number of oxime groups is 1. The Kier molecular flexibility index (Phi) is 5.83. The van der Waals surface area contributed by atoms with E-state index in [4.69, 9.17) is 10.6 Å². The number of carbonyl (C=O) groups excluding carboxylic acids is 1. The van der Waals surface area contributed by atoms with E-state index in [1.165, 1.54) is 13.0 Å². The molecule has 1 amide bonds. The predicted octanol–water partition coefficient (Wildman–Crippen LogP) is 2.82. The lowest BCUT2D eigenvalue weighted by Gasteiger charge is -2.11. The van der Waals surface area contributed by atoms with Gasteiger partial charge in [-0.2, -0.15) is 0 Å². The van der Waals surface area contributed by atoms with Crippen molar-refractivity contribution in [3.8, 4) is 0 Å². The monoisotopic (exact) mass is 333 g/mol. The molecule has 0 radical (unpaired) electrons. The van der Waals surface area contributed by atoms with Gasteiger partial charge in [-0.3, -0.25) is 4.79 Å². The van der Waals surface area contributed by atoms with E-state index in [1.54, 1.807) is 0 Å². The molecule has 7 heteroatoms. The average molecular weight is 333 g/mol. The van der Waals surface area contributed by atoms with Crippen LogP contribution >= 0.6 is 0 Å². The van der Waals surface area contributed by atoms with E-state index in [2.05, 4.69) is 10.5 Å². The Hall–Kier alpha value is -2.96. The zero-order valence-corrected chi connectivity index (χ0v) is 13.0. The van der Waals surface area contributed by atoms with E-state index in [0.717, 1.165) is 17.7 Å². The van der Waals surface area contributed by atoms with Gasteiger partial charge in [-0.25, -0.2) is 8.78 Å². The third-order valence-electron chi connectivity index (χ3n) is 3.11. The summed E-state index contributed by atoms with van der Waals surface area (Å²) in [5.74, 6) is -2.38. The number of rotatable bonds is 6. The lowest BCUT2D eigenvalue weighted by molar-refractivity contribution is -0.126. The number of anilines is 1. The van der Waals surface area contributed by atoms with Gasteiger partial charge in [0.15, 0.2) is 11.6 Å². The standard InChI is InChI=1S/C17H17F2N3O2/c1-11(17(23)21-13-7-8-14(18)15(19)10-13)24-22-16(20)9-12-5-3-2-4-6-12/h2-8,10-11H,9H2,1H3,(H2,20,22)(H,21,23). The molecule has 1 unspecified atom stereocenters. The summed E-state index contributed by atoms with van der Waals surface area (Å²) in [4.78, 5) is 17.0. The van der Waals surface area contributed by atoms with Crippen LogP contribution in [-0.2, 0) is 16.1 Å². The first kappa shape index (κ1) is 17.4. The van der Waals surface area contributed by atoms with Crippen LogP contribution in [0.2, 0.25) is 0 Å². The number of hydrogen-bond acceptors (Lipinski definition) is 3. The Morgan fingerprint density at radius 1 is 1.21 bits per heavy atom. The normalized spacial score (nSPS) is 12.5. The minimum Gasteiger partial charge on any atom is -0.384 e. The lowest BCUT2D eigenvalue weighted by atomic mass is 10.1. The largest absolute Gasteiger partial charge is 0.384 e. The molecule has 2 rings (SSSR count). The van der Waals surface area contributed by atoms with Gasteiger partial charge in [-0.1, -0.05) is 35.5 Å². The van der Waals surface area contributed by atoms with Crippen molar-refractivity contribution in [1.29, 1.82) is 0 Å². The maximum absolute atomic E-state index is 13.1. The second-order valence-electron chi connectivity index (χ2n) is 5.11. The van der Waals surface area contributed by atoms with Crippen molar-refractivity contribution < 1.29 is 18.4 Å². The van der Waals surface area contributed by atoms with Gasteiger partial charge in [-0.05, 0) is 24.6 Å². The smallest absolute Gasteiger partial charge is 0.267 e. The maximum Gasteiger partial charge on any atom is 0.267 e. The molecule has 0 aliphatic carbocycles. The number of halogens is 2. The van der Waals surface area contributed by atoms with Crippen molar-refractivity contribution in [3.63, 3.8) is 0 Å². The van der Waals surface area contributed by atoms with Crippen LogP contribution in [0.15, 0.2) is 53.7 Å². The molecular formula is C17H17F2N3O2. The Morgan fingerprint density at radius 3 is 2.58 bits per heavy atom. The number of benzene rings is 2. The summed E-state index contributed by atoms with van der Waals surface area (Å²) >= 11 is 0. The highest BCUT2D eigenvalue weighted by Gasteiger charge is 2.15. The first-order chi connectivity index (χ1) is 11.5. The summed E-state index contributed by atoms with van der Waals surface area (Å²) in [6.45, 7) is 1.47. The first-order valence-electron chi connectivity index (χ1n) is 7.23. The molecular weight excluding hydrogens is 316 g/mol. The van der Waals surface area contributed by atoms with Crippen LogP contribution in [0.4, 0.5) is 14.5 Å². The number of nitrogens with two attached hydrogens (primary N) is 1. The Balaban J connectivity index is 1.88. The van der Waals surface area contributed by atoms with Crippen molar-refractivity contribution in [2.45, 2.75) is 19.4 Å². The quantitative estimate of drug-likeness (QED) is 0.485. The molecule has 126 valence electrons. The Morgan fingerprint density at radius 2 is 1.92 bits per heavy atom. The van der Waals surface area contributed by atoms with Crippen molar-refractivity contribution in [3.05, 3.63) is 65.7 Å². The third kappa shape index (κ3) is 5.05. The summed E-state index contributed by atoms with van der Waals surface area (Å²) in [6.07, 6.45) is -0.564. The second kappa shape index (κ2) is 8.05. The number of nitrogens with one attached hydrogen (secondary N) is 1. The highest BCUT2D eigenvalue weighted by molar-refractivity contribution is 5.94. The van der Waals surface area contributed by atoms with Crippen LogP contribution < -0.4 is 11.1 Å². The van der Waals surface area contributed by atoms with Crippen LogP contribution in [0.5, 0.6) is 0 Å². The molecule has 3 N–H and O–H groups in total. The molecule has 24 heavy (non-hydrogen) atoms. The van der Waals surface area contributed by atoms with Gasteiger partial charge in [0.1, 0.15) is 5.84 Å². The fourth-order valence-corrected chi connectivity index (χ4v) is 1.85. The molecule has 0 aliphatic rings. The van der Waals surface area contributed by atoms with Crippen molar-refractivity contribution >= 4 is 17.4 Å². The Bertz CT molecular complexity index is 736. The van der Waals surface area contributed by atoms with Crippen molar-refractivity contribution in [2.24, 2.45) is 10.9 Å². The zero-order chi connectivity index (χ0) is 17.5. The van der Waals surface area contributed by atoms with Gasteiger partial charge < -0.3 is 15.9 Å². The number of nitrogens with zero attached hydrogens (tertiary/aromatic N) is 1. The van der Waals surface area contributed by atoms with Crippen LogP contribution in [0, 0.1) is 11.6 Å². The topological polar surface area (TPSA) is 76.7 Å². The number of amides is 1. The SMILES string of the molecule is CC(O/N=C(/N)Cc1ccccc1)C(=O)Nc1ccc(F)c(F)c1. The number of carbonyl (C=O) groups is 1. The molecule has 0 fully saturated rings. The summed E-state index contributed by atoms with van der Waals surface area (Å²) < 4.78 is 25.9. The molecule has 1 atom stereocenters. The van der Waals surface area contributed by atoms with Crippen LogP contribution in [0.25, 0.3) is 0 Å². The first-order valence-corrected chi connectivity index (χ1v) is 7.23. The minimum absolute atomic E-state index is 0.121. The van der Waals surface area contributed by atoms with Gasteiger partial charge in [0, 0.05) is 18.2 Å². The summed E-state index contributed by atoms with van der Waals surface area (Å²) in [5.41, 5.74) is 6.83. The molecule has 0 bridgehead atoms. The molecule has 0 heterocycles. The molecule has 0 spiro atoms. The van der Waals surface area contributed by atoms with Crippen LogP contribution in [-0.4, -0.2) is 17.8 Å². The summed E-state index contributed by atoms with van der Waals surface area (Å²) in [6, 6.07) is 12.5. The molecule has 0 aromatic heterocycles. The fourth-order valence-electron chi connectivity index (χ4n) is 1.85. The molecule has 0 saturated heterocycles. The van der Waals surface area contributed by atoms with Gasteiger partial charge in [0.2, 0.25) is 6.10 Å². The predicted molar refractivity (Wildman–Crippen MR) is 87.3 cm³/mol. The lowest BCUT2D eigenvalue weighted by Crippen LogP contribution is -2.27. The maximum atomic E-state index is 13.1. The van der Waals surface area contributed by atoms with E-state index in [1.807, 2.05) is 30.3 Å². The molecule has 2 aromatic rings. The van der Waals surface area contributed by atoms with Crippen LogP contribution in [0.1, 0.15) is 12.5 Å². The molecule has 0 saturated carbocycles.